The minimum Gasteiger partial charge on any atom is -0.466 e. The van der Waals surface area contributed by atoms with Gasteiger partial charge in [-0.3, -0.25) is 14.4 Å². The monoisotopic (exact) mass is 605 g/mol. The van der Waals surface area contributed by atoms with E-state index in [0.29, 0.717) is 51.9 Å². The standard InChI is InChI=1S/C34H55NO8/c1-5-9-13-20-29(43-27-28-18-14-12-15-19-28)25-26-35(31(36)23-24-33(38)41-7-3)30(34(39)42-8-4)21-16-10-11-17-22-32(37)40-6-2/h12,14-15,18-19,29-30H,5-11,13,16-17,20-27H2,1-4H3. The molecule has 0 radical (unpaired) electrons. The van der Waals surface area contributed by atoms with Crippen LogP contribution in [0.25, 0.3) is 0 Å². The SMILES string of the molecule is CCCCCC(CCN(C(=O)CCC(=O)OCC)C(CCCCCCC(=O)OCC)C(=O)OCC)OCc1ccccc1. The number of hydrogen-bond donors (Lipinski definition) is 0. The number of amides is 1. The summed E-state index contributed by atoms with van der Waals surface area (Å²) < 4.78 is 21.7. The Bertz CT molecular complexity index is 907. The number of hydrogen-bond acceptors (Lipinski definition) is 8. The lowest BCUT2D eigenvalue weighted by atomic mass is 10.0. The third kappa shape index (κ3) is 17.7. The van der Waals surface area contributed by atoms with Gasteiger partial charge in [0.05, 0.1) is 39.0 Å². The molecule has 0 spiro atoms. The third-order valence-electron chi connectivity index (χ3n) is 7.17. The van der Waals surface area contributed by atoms with Crippen LogP contribution >= 0.6 is 0 Å². The molecule has 0 aliphatic rings. The van der Waals surface area contributed by atoms with Crippen molar-refractivity contribution in [3.8, 4) is 0 Å². The van der Waals surface area contributed by atoms with E-state index in [4.69, 9.17) is 18.9 Å². The molecule has 2 unspecified atom stereocenters. The first kappa shape index (κ1) is 38.1. The largest absolute Gasteiger partial charge is 0.466 e. The maximum atomic E-state index is 13.5. The zero-order valence-corrected chi connectivity index (χ0v) is 27.0. The van der Waals surface area contributed by atoms with Gasteiger partial charge in [0.2, 0.25) is 5.91 Å². The summed E-state index contributed by atoms with van der Waals surface area (Å²) in [6, 6.07) is 9.23. The first-order chi connectivity index (χ1) is 20.9. The molecular weight excluding hydrogens is 550 g/mol. The molecule has 1 amide bonds. The Morgan fingerprint density at radius 1 is 0.674 bits per heavy atom. The molecule has 1 aromatic carbocycles. The van der Waals surface area contributed by atoms with Crippen LogP contribution in [0.4, 0.5) is 0 Å². The Morgan fingerprint density at radius 2 is 1.30 bits per heavy atom. The van der Waals surface area contributed by atoms with Gasteiger partial charge in [-0.05, 0) is 52.0 Å². The van der Waals surface area contributed by atoms with Gasteiger partial charge in [-0.2, -0.15) is 0 Å². The van der Waals surface area contributed by atoms with Crippen LogP contribution in [-0.2, 0) is 44.7 Å². The van der Waals surface area contributed by atoms with Gasteiger partial charge in [0.25, 0.3) is 0 Å². The number of rotatable bonds is 25. The lowest BCUT2D eigenvalue weighted by Crippen LogP contribution is -2.47. The van der Waals surface area contributed by atoms with Crippen LogP contribution in [0.2, 0.25) is 0 Å². The number of carbonyl (C=O) groups excluding carboxylic acids is 4. The number of carbonyl (C=O) groups is 4. The van der Waals surface area contributed by atoms with Crippen molar-refractivity contribution in [1.29, 1.82) is 0 Å². The molecule has 9 heteroatoms. The number of benzene rings is 1. The van der Waals surface area contributed by atoms with Crippen LogP contribution in [0.3, 0.4) is 0 Å². The predicted octanol–water partition coefficient (Wildman–Crippen LogP) is 6.55. The van der Waals surface area contributed by atoms with Crippen molar-refractivity contribution in [1.82, 2.24) is 4.90 Å². The Kier molecular flexibility index (Phi) is 21.7. The van der Waals surface area contributed by atoms with Crippen molar-refractivity contribution in [2.45, 2.75) is 130 Å². The average molecular weight is 606 g/mol. The molecule has 1 aromatic rings. The van der Waals surface area contributed by atoms with Crippen LogP contribution in [0.1, 0.15) is 117 Å². The first-order valence-corrected chi connectivity index (χ1v) is 16.3. The lowest BCUT2D eigenvalue weighted by Gasteiger charge is -2.32. The fourth-order valence-corrected chi connectivity index (χ4v) is 4.88. The van der Waals surface area contributed by atoms with E-state index in [1.165, 1.54) is 0 Å². The molecule has 244 valence electrons. The van der Waals surface area contributed by atoms with Crippen molar-refractivity contribution in [2.75, 3.05) is 26.4 Å². The van der Waals surface area contributed by atoms with Crippen molar-refractivity contribution in [3.05, 3.63) is 35.9 Å². The van der Waals surface area contributed by atoms with E-state index in [1.54, 1.807) is 25.7 Å². The number of ether oxygens (including phenoxy) is 4. The highest BCUT2D eigenvalue weighted by atomic mass is 16.5. The molecule has 9 nitrogen and oxygen atoms in total. The maximum absolute atomic E-state index is 13.5. The van der Waals surface area contributed by atoms with Gasteiger partial charge in [-0.15, -0.1) is 0 Å². The van der Waals surface area contributed by atoms with Gasteiger partial charge in [0, 0.05) is 19.4 Å². The van der Waals surface area contributed by atoms with Gasteiger partial charge in [-0.25, -0.2) is 4.79 Å². The molecule has 1 rings (SSSR count). The number of esters is 3. The zero-order valence-electron chi connectivity index (χ0n) is 27.0. The molecule has 0 bridgehead atoms. The summed E-state index contributed by atoms with van der Waals surface area (Å²) in [6.45, 7) is 9.04. The van der Waals surface area contributed by atoms with Gasteiger partial charge in [0.1, 0.15) is 6.04 Å². The van der Waals surface area contributed by atoms with Crippen molar-refractivity contribution in [2.24, 2.45) is 0 Å². The summed E-state index contributed by atoms with van der Waals surface area (Å²) in [7, 11) is 0. The van der Waals surface area contributed by atoms with E-state index < -0.39 is 18.0 Å². The van der Waals surface area contributed by atoms with Crippen molar-refractivity contribution < 1.29 is 38.1 Å². The van der Waals surface area contributed by atoms with E-state index in [-0.39, 0.29) is 44.0 Å². The van der Waals surface area contributed by atoms with Gasteiger partial charge in [0.15, 0.2) is 0 Å². The maximum Gasteiger partial charge on any atom is 0.328 e. The smallest absolute Gasteiger partial charge is 0.328 e. The molecule has 0 saturated carbocycles. The Labute approximate surface area is 259 Å². The molecule has 0 fully saturated rings. The molecule has 0 saturated heterocycles. The van der Waals surface area contributed by atoms with Crippen LogP contribution < -0.4 is 0 Å². The van der Waals surface area contributed by atoms with E-state index in [1.807, 2.05) is 30.3 Å². The van der Waals surface area contributed by atoms with E-state index in [0.717, 1.165) is 44.1 Å². The van der Waals surface area contributed by atoms with Crippen LogP contribution in [0, 0.1) is 0 Å². The first-order valence-electron chi connectivity index (χ1n) is 16.3. The Hall–Kier alpha value is -2.94. The second kappa shape index (κ2) is 24.5. The molecule has 2 atom stereocenters. The summed E-state index contributed by atoms with van der Waals surface area (Å²) in [5.74, 6) is -1.35. The Balaban J connectivity index is 2.99. The quantitative estimate of drug-likeness (QED) is 0.0701. The van der Waals surface area contributed by atoms with Crippen molar-refractivity contribution >= 4 is 23.8 Å². The summed E-state index contributed by atoms with van der Waals surface area (Å²) in [6.07, 6.45) is 8.29. The van der Waals surface area contributed by atoms with Crippen LogP contribution in [0.15, 0.2) is 30.3 Å². The number of unbranched alkanes of at least 4 members (excludes halogenated alkanes) is 5. The summed E-state index contributed by atoms with van der Waals surface area (Å²) in [5.41, 5.74) is 1.08. The van der Waals surface area contributed by atoms with Gasteiger partial charge < -0.3 is 23.8 Å². The summed E-state index contributed by atoms with van der Waals surface area (Å²) >= 11 is 0. The highest BCUT2D eigenvalue weighted by Crippen LogP contribution is 2.20. The fraction of sp³-hybridized carbons (Fsp3) is 0.706. The fourth-order valence-electron chi connectivity index (χ4n) is 4.88. The molecule has 0 N–H and O–H groups in total. The second-order valence-electron chi connectivity index (χ2n) is 10.6. The average Bonchev–Trinajstić information content (AvgIpc) is 3.00. The summed E-state index contributed by atoms with van der Waals surface area (Å²) in [4.78, 5) is 52.0. The second-order valence-corrected chi connectivity index (χ2v) is 10.6. The molecule has 43 heavy (non-hydrogen) atoms. The van der Waals surface area contributed by atoms with E-state index in [2.05, 4.69) is 6.92 Å². The topological polar surface area (TPSA) is 108 Å². The lowest BCUT2D eigenvalue weighted by molar-refractivity contribution is -0.156. The molecule has 0 aliphatic heterocycles. The van der Waals surface area contributed by atoms with E-state index in [9.17, 15) is 19.2 Å². The third-order valence-corrected chi connectivity index (χ3v) is 7.17. The van der Waals surface area contributed by atoms with Gasteiger partial charge in [-0.1, -0.05) is 75.8 Å². The number of nitrogens with zero attached hydrogens (tertiary/aromatic N) is 1. The summed E-state index contributed by atoms with van der Waals surface area (Å²) in [5, 5.41) is 0. The predicted molar refractivity (Wildman–Crippen MR) is 166 cm³/mol. The molecular formula is C34H55NO8. The van der Waals surface area contributed by atoms with Crippen LogP contribution in [-0.4, -0.2) is 67.2 Å². The van der Waals surface area contributed by atoms with Crippen LogP contribution in [0.5, 0.6) is 0 Å². The molecule has 0 aliphatic carbocycles. The highest BCUT2D eigenvalue weighted by Gasteiger charge is 2.31. The zero-order chi connectivity index (χ0) is 31.7. The highest BCUT2D eigenvalue weighted by molar-refractivity contribution is 5.86. The van der Waals surface area contributed by atoms with E-state index >= 15 is 0 Å². The van der Waals surface area contributed by atoms with Crippen molar-refractivity contribution in [3.63, 3.8) is 0 Å². The minimum atomic E-state index is -0.759. The molecule has 0 aromatic heterocycles. The van der Waals surface area contributed by atoms with Gasteiger partial charge >= 0.3 is 17.9 Å². The normalized spacial score (nSPS) is 12.3. The minimum absolute atomic E-state index is 0.0420. The molecule has 0 heterocycles. The Morgan fingerprint density at radius 3 is 1.95 bits per heavy atom.